The average molecular weight is 420 g/mol. The number of aryl methyl sites for hydroxylation is 1. The molecule has 160 valence electrons. The van der Waals surface area contributed by atoms with Crippen LogP contribution in [-0.2, 0) is 23.2 Å². The van der Waals surface area contributed by atoms with E-state index in [2.05, 4.69) is 39.2 Å². The largest absolute Gasteiger partial charge is 0.339 e. The highest BCUT2D eigenvalue weighted by Crippen LogP contribution is 2.24. The number of hydrogen-bond donors (Lipinski definition) is 1. The van der Waals surface area contributed by atoms with E-state index >= 15 is 0 Å². The minimum Gasteiger partial charge on any atom is -0.339 e. The van der Waals surface area contributed by atoms with Crippen molar-refractivity contribution in [3.05, 3.63) is 22.8 Å². The van der Waals surface area contributed by atoms with Crippen LogP contribution in [0.5, 0.6) is 0 Å². The van der Waals surface area contributed by atoms with E-state index in [0.29, 0.717) is 36.1 Å². The summed E-state index contributed by atoms with van der Waals surface area (Å²) in [7, 11) is 0. The summed E-state index contributed by atoms with van der Waals surface area (Å²) in [6.07, 6.45) is 2.98. The van der Waals surface area contributed by atoms with Gasteiger partial charge in [-0.05, 0) is 24.7 Å². The fourth-order valence-electron chi connectivity index (χ4n) is 3.83. The minimum absolute atomic E-state index is 0.0262. The summed E-state index contributed by atoms with van der Waals surface area (Å²) < 4.78 is 5.27. The molecule has 0 aromatic carbocycles. The summed E-state index contributed by atoms with van der Waals surface area (Å²) in [5.41, 5.74) is 0.901. The van der Waals surface area contributed by atoms with Crippen molar-refractivity contribution in [3.63, 3.8) is 0 Å². The Morgan fingerprint density at radius 3 is 2.66 bits per heavy atom. The molecule has 1 saturated heterocycles. The Bertz CT molecular complexity index is 800. The number of carbonyl (C=O) groups is 1. The number of hydrogen-bond acceptors (Lipinski definition) is 7. The molecular formula is C21H33N5O2S. The van der Waals surface area contributed by atoms with Gasteiger partial charge in [-0.3, -0.25) is 9.69 Å². The summed E-state index contributed by atoms with van der Waals surface area (Å²) in [5.74, 6) is 2.72. The summed E-state index contributed by atoms with van der Waals surface area (Å²) in [4.78, 5) is 23.7. The number of aromatic nitrogens is 3. The highest BCUT2D eigenvalue weighted by Gasteiger charge is 2.23. The SMILES string of the molecule is CC1CC(C)CN(Cc2csc(NC(=O)CCCc3nc(C(C)(C)C)no3)n2)C1. The van der Waals surface area contributed by atoms with Crippen LogP contribution < -0.4 is 5.32 Å². The monoisotopic (exact) mass is 419 g/mol. The van der Waals surface area contributed by atoms with Crippen molar-refractivity contribution in [2.75, 3.05) is 18.4 Å². The van der Waals surface area contributed by atoms with Crippen molar-refractivity contribution in [1.29, 1.82) is 0 Å². The van der Waals surface area contributed by atoms with Gasteiger partial charge in [-0.2, -0.15) is 4.98 Å². The van der Waals surface area contributed by atoms with Crippen molar-refractivity contribution in [1.82, 2.24) is 20.0 Å². The quantitative estimate of drug-likeness (QED) is 0.722. The summed E-state index contributed by atoms with van der Waals surface area (Å²) in [6, 6.07) is 0. The maximum Gasteiger partial charge on any atom is 0.226 e. The number of likely N-dealkylation sites (tertiary alicyclic amines) is 1. The maximum absolute atomic E-state index is 12.2. The molecule has 29 heavy (non-hydrogen) atoms. The first kappa shape index (κ1) is 21.9. The van der Waals surface area contributed by atoms with Crippen LogP contribution >= 0.6 is 11.3 Å². The number of nitrogens with zero attached hydrogens (tertiary/aromatic N) is 4. The van der Waals surface area contributed by atoms with Crippen LogP contribution in [-0.4, -0.2) is 39.0 Å². The third kappa shape index (κ3) is 6.60. The molecule has 0 saturated carbocycles. The standard InChI is InChI=1S/C21H33N5O2S/c1-14-9-15(2)11-26(10-14)12-16-13-29-20(22-16)23-17(27)7-6-8-18-24-19(25-28-18)21(3,4)5/h13-15H,6-12H2,1-5H3,(H,22,23,27). The highest BCUT2D eigenvalue weighted by molar-refractivity contribution is 7.13. The van der Waals surface area contributed by atoms with Crippen LogP contribution in [0.2, 0.25) is 0 Å². The molecule has 1 aliphatic rings. The Morgan fingerprint density at radius 2 is 2.00 bits per heavy atom. The van der Waals surface area contributed by atoms with E-state index in [1.165, 1.54) is 17.8 Å². The van der Waals surface area contributed by atoms with E-state index in [-0.39, 0.29) is 11.3 Å². The molecule has 1 N–H and O–H groups in total. The van der Waals surface area contributed by atoms with Gasteiger partial charge in [0.15, 0.2) is 11.0 Å². The Labute approximate surface area is 177 Å². The molecule has 0 bridgehead atoms. The number of amides is 1. The van der Waals surface area contributed by atoms with Crippen molar-refractivity contribution in [2.45, 2.75) is 72.3 Å². The lowest BCUT2D eigenvalue weighted by molar-refractivity contribution is -0.116. The van der Waals surface area contributed by atoms with Crippen LogP contribution in [0.4, 0.5) is 5.13 Å². The fraction of sp³-hybridized carbons (Fsp3) is 0.714. The van der Waals surface area contributed by atoms with Crippen LogP contribution in [0.3, 0.4) is 0 Å². The van der Waals surface area contributed by atoms with Gasteiger partial charge in [0.2, 0.25) is 11.8 Å². The van der Waals surface area contributed by atoms with Crippen molar-refractivity contribution in [3.8, 4) is 0 Å². The third-order valence-corrected chi connectivity index (χ3v) is 5.87. The molecule has 2 aromatic rings. The first-order valence-electron chi connectivity index (χ1n) is 10.5. The summed E-state index contributed by atoms with van der Waals surface area (Å²) in [5, 5.41) is 9.65. The number of carbonyl (C=O) groups excluding carboxylic acids is 1. The lowest BCUT2D eigenvalue weighted by Gasteiger charge is -2.34. The number of nitrogens with one attached hydrogen (secondary N) is 1. The zero-order chi connectivity index (χ0) is 21.0. The number of anilines is 1. The van der Waals surface area contributed by atoms with Crippen LogP contribution in [0, 0.1) is 11.8 Å². The van der Waals surface area contributed by atoms with E-state index in [9.17, 15) is 4.79 Å². The number of rotatable bonds is 7. The Balaban J connectivity index is 1.41. The van der Waals surface area contributed by atoms with E-state index in [0.717, 1.165) is 37.2 Å². The molecule has 3 heterocycles. The van der Waals surface area contributed by atoms with Gasteiger partial charge in [-0.1, -0.05) is 39.8 Å². The molecule has 3 rings (SSSR count). The molecule has 1 fully saturated rings. The Morgan fingerprint density at radius 1 is 1.28 bits per heavy atom. The lowest BCUT2D eigenvalue weighted by atomic mass is 9.92. The predicted molar refractivity (Wildman–Crippen MR) is 115 cm³/mol. The van der Waals surface area contributed by atoms with Crippen LogP contribution in [0.15, 0.2) is 9.90 Å². The minimum atomic E-state index is -0.133. The van der Waals surface area contributed by atoms with E-state index < -0.39 is 0 Å². The molecule has 1 aliphatic heterocycles. The first-order chi connectivity index (χ1) is 13.7. The topological polar surface area (TPSA) is 84.2 Å². The zero-order valence-corrected chi connectivity index (χ0v) is 19.0. The Hall–Kier alpha value is -1.80. The van der Waals surface area contributed by atoms with Gasteiger partial charge < -0.3 is 9.84 Å². The molecule has 2 unspecified atom stereocenters. The second-order valence-corrected chi connectivity index (χ2v) is 10.3. The second kappa shape index (κ2) is 9.34. The first-order valence-corrected chi connectivity index (χ1v) is 11.4. The van der Waals surface area contributed by atoms with Crippen molar-refractivity contribution >= 4 is 22.4 Å². The molecule has 7 nitrogen and oxygen atoms in total. The molecule has 0 radical (unpaired) electrons. The van der Waals surface area contributed by atoms with Gasteiger partial charge in [0.25, 0.3) is 0 Å². The molecule has 0 aliphatic carbocycles. The van der Waals surface area contributed by atoms with Gasteiger partial charge in [0, 0.05) is 43.3 Å². The zero-order valence-electron chi connectivity index (χ0n) is 18.2. The van der Waals surface area contributed by atoms with Gasteiger partial charge >= 0.3 is 0 Å². The molecule has 1 amide bonds. The maximum atomic E-state index is 12.2. The number of piperidine rings is 1. The van der Waals surface area contributed by atoms with Crippen molar-refractivity contribution in [2.24, 2.45) is 11.8 Å². The molecular weight excluding hydrogens is 386 g/mol. The van der Waals surface area contributed by atoms with Gasteiger partial charge in [-0.25, -0.2) is 4.98 Å². The normalized spacial score (nSPS) is 20.7. The lowest BCUT2D eigenvalue weighted by Crippen LogP contribution is -2.38. The third-order valence-electron chi connectivity index (χ3n) is 5.06. The predicted octanol–water partition coefficient (Wildman–Crippen LogP) is 4.26. The molecule has 0 spiro atoms. The summed E-state index contributed by atoms with van der Waals surface area (Å²) >= 11 is 1.49. The van der Waals surface area contributed by atoms with Crippen LogP contribution in [0.1, 0.15) is 71.3 Å². The van der Waals surface area contributed by atoms with Crippen LogP contribution in [0.25, 0.3) is 0 Å². The van der Waals surface area contributed by atoms with Gasteiger partial charge in [0.05, 0.1) is 5.69 Å². The van der Waals surface area contributed by atoms with E-state index in [1.807, 2.05) is 26.2 Å². The fourth-order valence-corrected chi connectivity index (χ4v) is 4.55. The second-order valence-electron chi connectivity index (χ2n) is 9.45. The van der Waals surface area contributed by atoms with Crippen molar-refractivity contribution < 1.29 is 9.32 Å². The summed E-state index contributed by atoms with van der Waals surface area (Å²) in [6.45, 7) is 13.9. The molecule has 8 heteroatoms. The van der Waals surface area contributed by atoms with E-state index in [4.69, 9.17) is 4.52 Å². The molecule has 2 aromatic heterocycles. The van der Waals surface area contributed by atoms with Gasteiger partial charge in [-0.15, -0.1) is 11.3 Å². The average Bonchev–Trinajstić information content (AvgIpc) is 3.23. The highest BCUT2D eigenvalue weighted by atomic mass is 32.1. The van der Waals surface area contributed by atoms with Gasteiger partial charge in [0.1, 0.15) is 0 Å². The number of thiazole rings is 1. The van der Waals surface area contributed by atoms with E-state index in [1.54, 1.807) is 0 Å². The molecule has 2 atom stereocenters. The Kier molecular flexibility index (Phi) is 7.05. The smallest absolute Gasteiger partial charge is 0.226 e.